The molecule has 0 aliphatic heterocycles. The van der Waals surface area contributed by atoms with Crippen LogP contribution in [0.15, 0.2) is 11.6 Å². The summed E-state index contributed by atoms with van der Waals surface area (Å²) in [5, 5.41) is 21.9. The van der Waals surface area contributed by atoms with Gasteiger partial charge in [0.15, 0.2) is 0 Å². The Kier molecular flexibility index (Phi) is 3.78. The first-order valence-electron chi connectivity index (χ1n) is 10.3. The van der Waals surface area contributed by atoms with E-state index >= 15 is 0 Å². The second kappa shape index (κ2) is 5.37. The molecule has 2 heteroatoms. The summed E-state index contributed by atoms with van der Waals surface area (Å²) < 4.78 is 0. The van der Waals surface area contributed by atoms with E-state index in [1.807, 2.05) is 0 Å². The van der Waals surface area contributed by atoms with E-state index in [1.54, 1.807) is 0 Å². The predicted octanol–water partition coefficient (Wildman–Crippen LogP) is 4.45. The van der Waals surface area contributed by atoms with Crippen LogP contribution < -0.4 is 0 Å². The summed E-state index contributed by atoms with van der Waals surface area (Å²) in [6, 6.07) is 0. The Labute approximate surface area is 153 Å². The molecule has 0 saturated heterocycles. The fraction of sp³-hybridized carbons (Fsp3) is 0.826. The smallest absolute Gasteiger partial charge is 0.128 e. The maximum atomic E-state index is 11.3. The molecule has 0 amide bonds. The van der Waals surface area contributed by atoms with E-state index in [9.17, 15) is 10.2 Å². The zero-order chi connectivity index (χ0) is 18.1. The van der Waals surface area contributed by atoms with E-state index in [-0.39, 0.29) is 10.8 Å². The normalized spacial score (nSPS) is 54.7. The fourth-order valence-corrected chi connectivity index (χ4v) is 7.46. The highest BCUT2D eigenvalue weighted by Crippen LogP contribution is 2.67. The van der Waals surface area contributed by atoms with E-state index in [1.165, 1.54) is 18.4 Å². The van der Waals surface area contributed by atoms with E-state index in [0.29, 0.717) is 24.2 Å². The van der Waals surface area contributed by atoms with Crippen LogP contribution in [0.3, 0.4) is 0 Å². The second-order valence-corrected chi connectivity index (χ2v) is 9.99. The highest BCUT2D eigenvalue weighted by molar-refractivity contribution is 5.31. The Hall–Kier alpha value is -0.780. The lowest BCUT2D eigenvalue weighted by Gasteiger charge is -2.59. The largest absolute Gasteiger partial charge is 0.389 e. The maximum absolute atomic E-state index is 11.3. The Morgan fingerprint density at radius 1 is 1.12 bits per heavy atom. The Bertz CT molecular complexity index is 645. The number of fused-ring (bicyclic) bond motifs is 5. The number of hydrogen-bond acceptors (Lipinski definition) is 2. The molecule has 0 heterocycles. The van der Waals surface area contributed by atoms with Crippen LogP contribution in [0.5, 0.6) is 0 Å². The highest BCUT2D eigenvalue weighted by atomic mass is 16.3. The molecule has 4 aliphatic rings. The van der Waals surface area contributed by atoms with Gasteiger partial charge in [-0.05, 0) is 80.0 Å². The van der Waals surface area contributed by atoms with E-state index in [4.69, 9.17) is 6.42 Å². The number of hydrogen-bond donors (Lipinski definition) is 2. The molecule has 0 aromatic rings. The third-order valence-corrected chi connectivity index (χ3v) is 9.34. The van der Waals surface area contributed by atoms with E-state index in [2.05, 4.69) is 32.8 Å². The van der Waals surface area contributed by atoms with Gasteiger partial charge >= 0.3 is 0 Å². The van der Waals surface area contributed by atoms with Crippen molar-refractivity contribution < 1.29 is 10.2 Å². The van der Waals surface area contributed by atoms with Crippen LogP contribution in [0.2, 0.25) is 0 Å². The zero-order valence-electron chi connectivity index (χ0n) is 16.1. The van der Waals surface area contributed by atoms with Crippen molar-refractivity contribution in [3.05, 3.63) is 11.6 Å². The summed E-state index contributed by atoms with van der Waals surface area (Å²) in [6.07, 6.45) is 16.9. The summed E-state index contributed by atoms with van der Waals surface area (Å²) in [7, 11) is 0. The fourth-order valence-electron chi connectivity index (χ4n) is 7.46. The molecule has 0 spiro atoms. The molecule has 2 nitrogen and oxygen atoms in total. The van der Waals surface area contributed by atoms with Crippen molar-refractivity contribution in [2.75, 3.05) is 0 Å². The van der Waals surface area contributed by atoms with Crippen molar-refractivity contribution in [2.45, 2.75) is 89.8 Å². The summed E-state index contributed by atoms with van der Waals surface area (Å²) in [5.41, 5.74) is 0.285. The molecule has 0 aromatic carbocycles. The lowest BCUT2D eigenvalue weighted by molar-refractivity contribution is -0.127. The standard InChI is InChI=1S/C23H34O2/c1-5-22(24)14-13-20(3)16(15-22)7-8-17-18(20)9-11-21(4)19(17)10-12-23(21,25)6-2/h1,7,17-19,24-25H,6,8-15H2,2-4H3/t17-,18+,19+,20+,21+,22?,23+/m1/s1. The number of rotatable bonds is 1. The van der Waals surface area contributed by atoms with Gasteiger partial charge in [-0.3, -0.25) is 0 Å². The van der Waals surface area contributed by atoms with Gasteiger partial charge in [-0.1, -0.05) is 38.3 Å². The molecule has 0 aromatic heterocycles. The van der Waals surface area contributed by atoms with E-state index in [0.717, 1.165) is 38.5 Å². The quantitative estimate of drug-likeness (QED) is 0.546. The van der Waals surface area contributed by atoms with Crippen molar-refractivity contribution in [3.8, 4) is 12.3 Å². The third kappa shape index (κ3) is 2.18. The molecular formula is C23H34O2. The molecule has 4 aliphatic carbocycles. The van der Waals surface area contributed by atoms with Gasteiger partial charge < -0.3 is 10.2 Å². The van der Waals surface area contributed by atoms with Gasteiger partial charge in [0.25, 0.3) is 0 Å². The van der Waals surface area contributed by atoms with Crippen molar-refractivity contribution in [1.29, 1.82) is 0 Å². The predicted molar refractivity (Wildman–Crippen MR) is 101 cm³/mol. The lowest BCUT2D eigenvalue weighted by atomic mass is 9.46. The van der Waals surface area contributed by atoms with Crippen LogP contribution in [-0.4, -0.2) is 21.4 Å². The molecule has 0 radical (unpaired) electrons. The van der Waals surface area contributed by atoms with Gasteiger partial charge in [0.05, 0.1) is 5.60 Å². The average Bonchev–Trinajstić information content (AvgIpc) is 2.88. The molecule has 3 fully saturated rings. The third-order valence-electron chi connectivity index (χ3n) is 9.34. The minimum Gasteiger partial charge on any atom is -0.389 e. The Balaban J connectivity index is 1.67. The van der Waals surface area contributed by atoms with Gasteiger partial charge in [-0.15, -0.1) is 6.42 Å². The monoisotopic (exact) mass is 342 g/mol. The number of terminal acetylenes is 1. The van der Waals surface area contributed by atoms with E-state index < -0.39 is 11.2 Å². The lowest BCUT2D eigenvalue weighted by Crippen LogP contribution is -2.55. The summed E-state index contributed by atoms with van der Waals surface area (Å²) in [6.45, 7) is 6.95. The summed E-state index contributed by atoms with van der Waals surface area (Å²) in [5.74, 6) is 4.66. The molecule has 1 unspecified atom stereocenters. The molecule has 7 atom stereocenters. The van der Waals surface area contributed by atoms with Crippen LogP contribution in [0.1, 0.15) is 78.6 Å². The topological polar surface area (TPSA) is 40.5 Å². The molecule has 138 valence electrons. The molecule has 4 rings (SSSR count). The average molecular weight is 343 g/mol. The summed E-state index contributed by atoms with van der Waals surface area (Å²) in [4.78, 5) is 0. The minimum absolute atomic E-state index is 0.0822. The first-order valence-corrected chi connectivity index (χ1v) is 10.3. The molecular weight excluding hydrogens is 308 g/mol. The second-order valence-electron chi connectivity index (χ2n) is 9.99. The van der Waals surface area contributed by atoms with Crippen LogP contribution in [-0.2, 0) is 0 Å². The molecule has 25 heavy (non-hydrogen) atoms. The van der Waals surface area contributed by atoms with Crippen LogP contribution in [0, 0.1) is 40.9 Å². The maximum Gasteiger partial charge on any atom is 0.128 e. The molecule has 0 bridgehead atoms. The first kappa shape index (κ1) is 17.6. The Morgan fingerprint density at radius 2 is 1.84 bits per heavy atom. The van der Waals surface area contributed by atoms with Crippen LogP contribution in [0.25, 0.3) is 0 Å². The van der Waals surface area contributed by atoms with Crippen LogP contribution >= 0.6 is 0 Å². The van der Waals surface area contributed by atoms with Gasteiger partial charge in [-0.2, -0.15) is 0 Å². The molecule has 2 N–H and O–H groups in total. The highest BCUT2D eigenvalue weighted by Gasteiger charge is 2.63. The Morgan fingerprint density at radius 3 is 2.52 bits per heavy atom. The summed E-state index contributed by atoms with van der Waals surface area (Å²) >= 11 is 0. The molecule has 3 saturated carbocycles. The first-order chi connectivity index (χ1) is 11.7. The number of allylic oxidation sites excluding steroid dienone is 1. The van der Waals surface area contributed by atoms with Crippen molar-refractivity contribution in [3.63, 3.8) is 0 Å². The SMILES string of the molecule is C#CC1(O)CC[C@@]2(C)C(=CC[C@@H]3[C@@H]2CC[C@@]2(C)[C@H]3CC[C@@]2(O)CC)C1. The van der Waals surface area contributed by atoms with Gasteiger partial charge in [-0.25, -0.2) is 0 Å². The van der Waals surface area contributed by atoms with Crippen molar-refractivity contribution in [2.24, 2.45) is 28.6 Å². The number of aliphatic hydroxyl groups is 2. The van der Waals surface area contributed by atoms with Gasteiger partial charge in [0, 0.05) is 6.42 Å². The van der Waals surface area contributed by atoms with Gasteiger partial charge in [0.1, 0.15) is 5.60 Å². The van der Waals surface area contributed by atoms with Crippen LogP contribution in [0.4, 0.5) is 0 Å². The van der Waals surface area contributed by atoms with Gasteiger partial charge in [0.2, 0.25) is 0 Å². The van der Waals surface area contributed by atoms with Crippen molar-refractivity contribution >= 4 is 0 Å². The minimum atomic E-state index is -0.933. The zero-order valence-corrected chi connectivity index (χ0v) is 16.1. The van der Waals surface area contributed by atoms with Crippen molar-refractivity contribution in [1.82, 2.24) is 0 Å².